The number of nitrogens with one attached hydrogen (secondary N) is 2. The van der Waals surface area contributed by atoms with Crippen LogP contribution >= 0.6 is 27.5 Å². The van der Waals surface area contributed by atoms with Crippen LogP contribution in [0, 0.1) is 13.8 Å². The van der Waals surface area contributed by atoms with Crippen LogP contribution in [0.4, 0.5) is 5.69 Å². The number of H-pyrrole nitrogens is 1. The second kappa shape index (κ2) is 5.07. The van der Waals surface area contributed by atoms with Crippen LogP contribution in [0.3, 0.4) is 0 Å². The maximum absolute atomic E-state index is 12.1. The maximum Gasteiger partial charge on any atom is 0.258 e. The quantitative estimate of drug-likeness (QED) is 0.832. The van der Waals surface area contributed by atoms with E-state index >= 15 is 0 Å². The third kappa shape index (κ3) is 2.54. The zero-order valence-corrected chi connectivity index (χ0v) is 12.1. The number of rotatable bonds is 2. The minimum atomic E-state index is -0.318. The first-order chi connectivity index (χ1) is 8.49. The third-order valence-electron chi connectivity index (χ3n) is 2.42. The molecule has 0 spiro atoms. The molecule has 2 N–H and O–H groups in total. The molecule has 94 valence electrons. The van der Waals surface area contributed by atoms with Crippen molar-refractivity contribution >= 4 is 39.1 Å². The number of aryl methyl sites for hydroxylation is 2. The Morgan fingerprint density at radius 1 is 1.50 bits per heavy atom. The minimum absolute atomic E-state index is 0.162. The Hall–Kier alpha value is -1.40. The van der Waals surface area contributed by atoms with Crippen LogP contribution in [0.2, 0.25) is 5.15 Å². The van der Waals surface area contributed by atoms with Crippen LogP contribution in [-0.4, -0.2) is 21.1 Å². The number of aromatic nitrogens is 3. The van der Waals surface area contributed by atoms with Crippen molar-refractivity contribution in [2.24, 2.45) is 0 Å². The van der Waals surface area contributed by atoms with Gasteiger partial charge in [-0.05, 0) is 35.8 Å². The molecule has 0 bridgehead atoms. The Balaban J connectivity index is 2.30. The monoisotopic (exact) mass is 328 g/mol. The highest BCUT2D eigenvalue weighted by Gasteiger charge is 2.15. The van der Waals surface area contributed by atoms with E-state index in [1.54, 1.807) is 13.0 Å². The Labute approximate surface area is 117 Å². The number of nitrogens with zero attached hydrogens (tertiary/aromatic N) is 2. The number of aromatic amines is 1. The molecule has 0 aliphatic rings. The van der Waals surface area contributed by atoms with Crippen molar-refractivity contribution in [1.29, 1.82) is 0 Å². The summed E-state index contributed by atoms with van der Waals surface area (Å²) in [7, 11) is 0. The predicted octanol–water partition coefficient (Wildman–Crippen LogP) is 3.09. The molecule has 0 fully saturated rings. The van der Waals surface area contributed by atoms with E-state index in [0.717, 1.165) is 11.4 Å². The van der Waals surface area contributed by atoms with Gasteiger partial charge in [0.25, 0.3) is 5.91 Å². The molecule has 2 aromatic rings. The Kier molecular flexibility index (Phi) is 3.68. The fraction of sp³-hybridized carbons (Fsp3) is 0.182. The number of amides is 1. The van der Waals surface area contributed by atoms with E-state index in [-0.39, 0.29) is 11.1 Å². The van der Waals surface area contributed by atoms with Crippen molar-refractivity contribution in [3.8, 4) is 0 Å². The molecule has 0 saturated carbocycles. The summed E-state index contributed by atoms with van der Waals surface area (Å²) in [4.78, 5) is 16.0. The summed E-state index contributed by atoms with van der Waals surface area (Å²) in [5, 5.41) is 9.73. The normalized spacial score (nSPS) is 10.4. The molecule has 2 aromatic heterocycles. The molecule has 0 atom stereocenters. The fourth-order valence-electron chi connectivity index (χ4n) is 1.50. The lowest BCUT2D eigenvalue weighted by Crippen LogP contribution is -2.14. The van der Waals surface area contributed by atoms with Crippen LogP contribution in [0.5, 0.6) is 0 Å². The molecule has 0 unspecified atom stereocenters. The van der Waals surface area contributed by atoms with E-state index in [9.17, 15) is 4.79 Å². The molecular formula is C11H10BrClN4O. The Morgan fingerprint density at radius 2 is 2.22 bits per heavy atom. The molecule has 5 nitrogen and oxygen atoms in total. The molecule has 0 aliphatic heterocycles. The van der Waals surface area contributed by atoms with Gasteiger partial charge in [0, 0.05) is 10.7 Å². The van der Waals surface area contributed by atoms with E-state index in [0.29, 0.717) is 15.7 Å². The van der Waals surface area contributed by atoms with Crippen LogP contribution in [-0.2, 0) is 0 Å². The number of pyridine rings is 1. The Morgan fingerprint density at radius 3 is 2.83 bits per heavy atom. The average Bonchev–Trinajstić information content (AvgIpc) is 2.64. The van der Waals surface area contributed by atoms with Crippen LogP contribution < -0.4 is 5.32 Å². The zero-order valence-electron chi connectivity index (χ0n) is 9.71. The van der Waals surface area contributed by atoms with Gasteiger partial charge in [-0.25, -0.2) is 4.98 Å². The summed E-state index contributed by atoms with van der Waals surface area (Å²) in [6, 6.07) is 1.62. The van der Waals surface area contributed by atoms with Crippen molar-refractivity contribution in [3.05, 3.63) is 38.8 Å². The molecule has 0 radical (unpaired) electrons. The number of hydrogen-bond acceptors (Lipinski definition) is 3. The fourth-order valence-corrected chi connectivity index (χ4v) is 2.02. The van der Waals surface area contributed by atoms with Crippen LogP contribution in [0.15, 0.2) is 16.7 Å². The van der Waals surface area contributed by atoms with Crippen molar-refractivity contribution in [2.75, 3.05) is 5.32 Å². The van der Waals surface area contributed by atoms with E-state index in [2.05, 4.69) is 36.4 Å². The number of carbonyl (C=O) groups excluding carboxylic acids is 1. The minimum Gasteiger partial charge on any atom is -0.319 e. The number of hydrogen-bond donors (Lipinski definition) is 2. The summed E-state index contributed by atoms with van der Waals surface area (Å²) in [5.74, 6) is -0.318. The maximum atomic E-state index is 12.1. The molecule has 2 heterocycles. The molecule has 1 amide bonds. The molecule has 7 heteroatoms. The second-order valence-corrected chi connectivity index (χ2v) is 5.03. The van der Waals surface area contributed by atoms with Gasteiger partial charge >= 0.3 is 0 Å². The lowest BCUT2D eigenvalue weighted by molar-refractivity contribution is 0.102. The third-order valence-corrected chi connectivity index (χ3v) is 3.15. The highest BCUT2D eigenvalue weighted by atomic mass is 79.9. The summed E-state index contributed by atoms with van der Waals surface area (Å²) in [6.07, 6.45) is 1.54. The van der Waals surface area contributed by atoms with Gasteiger partial charge in [0.15, 0.2) is 0 Å². The van der Waals surface area contributed by atoms with Gasteiger partial charge in [0.1, 0.15) is 5.15 Å². The largest absolute Gasteiger partial charge is 0.319 e. The molecule has 18 heavy (non-hydrogen) atoms. The number of anilines is 1. The summed E-state index contributed by atoms with van der Waals surface area (Å²) < 4.78 is 0.692. The summed E-state index contributed by atoms with van der Waals surface area (Å²) >= 11 is 9.15. The first kappa shape index (κ1) is 13.0. The molecule has 0 aliphatic carbocycles. The number of carbonyl (C=O) groups is 1. The Bertz CT molecular complexity index is 592. The second-order valence-electron chi connectivity index (χ2n) is 3.76. The standard InChI is InChI=1S/C11H10BrClN4O/c1-5-9(6(2)17-16-5)15-11(18)8-3-7(12)4-14-10(8)13/h3-4H,1-2H3,(H,15,18)(H,16,17). The van der Waals surface area contributed by atoms with Gasteiger partial charge in [-0.15, -0.1) is 0 Å². The van der Waals surface area contributed by atoms with Crippen LogP contribution in [0.1, 0.15) is 21.7 Å². The van der Waals surface area contributed by atoms with Crippen LogP contribution in [0.25, 0.3) is 0 Å². The van der Waals surface area contributed by atoms with Crippen molar-refractivity contribution < 1.29 is 4.79 Å². The first-order valence-corrected chi connectivity index (χ1v) is 6.30. The van der Waals surface area contributed by atoms with Gasteiger partial charge in [-0.1, -0.05) is 11.6 Å². The molecule has 2 rings (SSSR count). The van der Waals surface area contributed by atoms with Gasteiger partial charge in [0.05, 0.1) is 22.6 Å². The lowest BCUT2D eigenvalue weighted by Gasteiger charge is -2.06. The highest BCUT2D eigenvalue weighted by Crippen LogP contribution is 2.21. The van der Waals surface area contributed by atoms with Gasteiger partial charge in [-0.2, -0.15) is 5.10 Å². The van der Waals surface area contributed by atoms with Crippen molar-refractivity contribution in [2.45, 2.75) is 13.8 Å². The molecule has 0 aromatic carbocycles. The first-order valence-electron chi connectivity index (χ1n) is 5.13. The van der Waals surface area contributed by atoms with E-state index in [1.807, 2.05) is 6.92 Å². The van der Waals surface area contributed by atoms with E-state index < -0.39 is 0 Å². The SMILES string of the molecule is Cc1n[nH]c(C)c1NC(=O)c1cc(Br)cnc1Cl. The van der Waals surface area contributed by atoms with E-state index in [1.165, 1.54) is 6.20 Å². The van der Waals surface area contributed by atoms with Gasteiger partial charge in [0.2, 0.25) is 0 Å². The predicted molar refractivity (Wildman–Crippen MR) is 73.0 cm³/mol. The summed E-state index contributed by atoms with van der Waals surface area (Å²) in [6.45, 7) is 3.64. The van der Waals surface area contributed by atoms with Crippen molar-refractivity contribution in [1.82, 2.24) is 15.2 Å². The molecular weight excluding hydrogens is 320 g/mol. The molecule has 0 saturated heterocycles. The van der Waals surface area contributed by atoms with Gasteiger partial charge < -0.3 is 5.32 Å². The average molecular weight is 330 g/mol. The highest BCUT2D eigenvalue weighted by molar-refractivity contribution is 9.10. The lowest BCUT2D eigenvalue weighted by atomic mass is 10.2. The summed E-state index contributed by atoms with van der Waals surface area (Å²) in [5.41, 5.74) is 2.49. The number of halogens is 2. The van der Waals surface area contributed by atoms with Gasteiger partial charge in [-0.3, -0.25) is 9.89 Å². The van der Waals surface area contributed by atoms with E-state index in [4.69, 9.17) is 11.6 Å². The topological polar surface area (TPSA) is 70.7 Å². The zero-order chi connectivity index (χ0) is 13.3. The van der Waals surface area contributed by atoms with Crippen molar-refractivity contribution in [3.63, 3.8) is 0 Å². The smallest absolute Gasteiger partial charge is 0.258 e.